The molecule has 1 heterocycles. The first-order chi connectivity index (χ1) is 7.68. The lowest BCUT2D eigenvalue weighted by Crippen LogP contribution is -2.11. The van der Waals surface area contributed by atoms with E-state index in [1.807, 2.05) is 6.07 Å². The highest BCUT2D eigenvalue weighted by Gasteiger charge is 2.28. The average molecular weight is 217 g/mol. The minimum absolute atomic E-state index is 0.0787. The van der Waals surface area contributed by atoms with Gasteiger partial charge in [0.05, 0.1) is 11.6 Å². The monoisotopic (exact) mass is 217 g/mol. The van der Waals surface area contributed by atoms with Crippen LogP contribution in [0.4, 0.5) is 0 Å². The first kappa shape index (κ1) is 11.3. The van der Waals surface area contributed by atoms with Gasteiger partial charge in [-0.15, -0.1) is 0 Å². The number of hydrogen-bond acceptors (Lipinski definition) is 2. The molecule has 2 rings (SSSR count). The normalized spacial score (nSPS) is 18.8. The largest absolute Gasteiger partial charge is 0.299 e. The van der Waals surface area contributed by atoms with E-state index in [0.29, 0.717) is 18.1 Å². The Morgan fingerprint density at radius 3 is 3.12 bits per heavy atom. The van der Waals surface area contributed by atoms with Crippen molar-refractivity contribution in [2.24, 2.45) is 5.92 Å². The maximum absolute atomic E-state index is 12.1. The van der Waals surface area contributed by atoms with Gasteiger partial charge in [-0.2, -0.15) is 0 Å². The number of ketones is 1. The summed E-state index contributed by atoms with van der Waals surface area (Å²) in [6.45, 7) is 4.32. The number of aryl methyl sites for hydroxylation is 1. The topological polar surface area (TPSA) is 30.0 Å². The summed E-state index contributed by atoms with van der Waals surface area (Å²) in [6, 6.07) is 4.05. The fraction of sp³-hybridized carbons (Fsp3) is 0.571. The maximum atomic E-state index is 12.1. The zero-order valence-electron chi connectivity index (χ0n) is 10.1. The smallest absolute Gasteiger partial charge is 0.141 e. The molecule has 1 aliphatic rings. The van der Waals surface area contributed by atoms with Crippen LogP contribution in [0.25, 0.3) is 0 Å². The van der Waals surface area contributed by atoms with Crippen molar-refractivity contribution in [2.45, 2.75) is 45.4 Å². The second kappa shape index (κ2) is 4.77. The third kappa shape index (κ3) is 2.31. The van der Waals surface area contributed by atoms with Crippen molar-refractivity contribution < 1.29 is 4.79 Å². The van der Waals surface area contributed by atoms with Gasteiger partial charge in [0, 0.05) is 12.6 Å². The molecule has 1 aromatic heterocycles. The average Bonchev–Trinajstić information content (AvgIpc) is 2.69. The number of Topliss-reactive ketones (excluding diaryl/α,β-unsaturated/α-hetero) is 1. The highest BCUT2D eigenvalue weighted by molar-refractivity contribution is 5.86. The molecule has 2 nitrogen and oxygen atoms in total. The van der Waals surface area contributed by atoms with E-state index in [9.17, 15) is 4.79 Å². The molecule has 0 saturated carbocycles. The molecule has 0 radical (unpaired) electrons. The Morgan fingerprint density at radius 1 is 1.56 bits per heavy atom. The first-order valence-electron chi connectivity index (χ1n) is 6.15. The Bertz CT molecular complexity index is 384. The van der Waals surface area contributed by atoms with E-state index in [1.165, 1.54) is 5.56 Å². The number of hydrogen-bond donors (Lipinski definition) is 0. The van der Waals surface area contributed by atoms with E-state index in [-0.39, 0.29) is 5.92 Å². The lowest BCUT2D eigenvalue weighted by Gasteiger charge is -2.10. The fourth-order valence-corrected chi connectivity index (χ4v) is 2.33. The molecule has 0 spiro atoms. The van der Waals surface area contributed by atoms with Crippen LogP contribution in [0.15, 0.2) is 18.3 Å². The van der Waals surface area contributed by atoms with Gasteiger partial charge in [0.2, 0.25) is 0 Å². The number of rotatable bonds is 4. The molecule has 16 heavy (non-hydrogen) atoms. The van der Waals surface area contributed by atoms with Crippen molar-refractivity contribution in [1.82, 2.24) is 4.98 Å². The molecule has 1 aromatic rings. The number of nitrogens with zero attached hydrogens (tertiary/aromatic N) is 1. The fourth-order valence-electron chi connectivity index (χ4n) is 2.33. The summed E-state index contributed by atoms with van der Waals surface area (Å²) in [4.78, 5) is 16.4. The van der Waals surface area contributed by atoms with Crippen molar-refractivity contribution in [3.05, 3.63) is 29.6 Å². The van der Waals surface area contributed by atoms with E-state index in [0.717, 1.165) is 25.0 Å². The number of carbonyl (C=O) groups is 1. The van der Waals surface area contributed by atoms with Crippen LogP contribution in [-0.2, 0) is 11.2 Å². The second-order valence-corrected chi connectivity index (χ2v) is 5.04. The van der Waals surface area contributed by atoms with Crippen molar-refractivity contribution in [3.8, 4) is 0 Å². The summed E-state index contributed by atoms with van der Waals surface area (Å²) in [5.74, 6) is 1.06. The summed E-state index contributed by atoms with van der Waals surface area (Å²) in [5, 5.41) is 0. The van der Waals surface area contributed by atoms with Crippen LogP contribution in [0, 0.1) is 5.92 Å². The Hall–Kier alpha value is -1.18. The van der Waals surface area contributed by atoms with E-state index in [4.69, 9.17) is 0 Å². The number of fused-ring (bicyclic) bond motifs is 1. The van der Waals surface area contributed by atoms with Crippen molar-refractivity contribution in [1.29, 1.82) is 0 Å². The van der Waals surface area contributed by atoms with Gasteiger partial charge in [-0.1, -0.05) is 19.9 Å². The molecule has 0 N–H and O–H groups in total. The first-order valence-corrected chi connectivity index (χ1v) is 6.15. The predicted octanol–water partition coefficient (Wildman–Crippen LogP) is 3.12. The summed E-state index contributed by atoms with van der Waals surface area (Å²) in [5.41, 5.74) is 2.31. The SMILES string of the molecule is CC(C)CCC(=O)C1CCc2cccnc21. The predicted molar refractivity (Wildman–Crippen MR) is 64.4 cm³/mol. The molecule has 0 saturated heterocycles. The molecule has 1 atom stereocenters. The lowest BCUT2D eigenvalue weighted by molar-refractivity contribution is -0.120. The van der Waals surface area contributed by atoms with Crippen molar-refractivity contribution >= 4 is 5.78 Å². The molecule has 2 heteroatoms. The van der Waals surface area contributed by atoms with E-state index in [1.54, 1.807) is 6.20 Å². The van der Waals surface area contributed by atoms with E-state index < -0.39 is 0 Å². The molecule has 1 unspecified atom stereocenters. The molecular formula is C14H19NO. The Labute approximate surface area is 97.1 Å². The molecule has 1 aliphatic carbocycles. The number of carbonyl (C=O) groups excluding carboxylic acids is 1. The number of pyridine rings is 1. The van der Waals surface area contributed by atoms with E-state index >= 15 is 0 Å². The summed E-state index contributed by atoms with van der Waals surface area (Å²) < 4.78 is 0. The minimum Gasteiger partial charge on any atom is -0.299 e. The molecule has 0 amide bonds. The van der Waals surface area contributed by atoms with Crippen LogP contribution in [0.3, 0.4) is 0 Å². The third-order valence-electron chi connectivity index (χ3n) is 3.32. The van der Waals surface area contributed by atoms with Gasteiger partial charge in [0.15, 0.2) is 0 Å². The minimum atomic E-state index is 0.0787. The Kier molecular flexibility index (Phi) is 3.37. The van der Waals surface area contributed by atoms with Gasteiger partial charge in [0.25, 0.3) is 0 Å². The molecule has 0 aromatic carbocycles. The molecule has 0 fully saturated rings. The second-order valence-electron chi connectivity index (χ2n) is 5.04. The lowest BCUT2D eigenvalue weighted by atomic mass is 9.95. The van der Waals surface area contributed by atoms with Crippen LogP contribution in [-0.4, -0.2) is 10.8 Å². The summed E-state index contributed by atoms with van der Waals surface area (Å²) in [7, 11) is 0. The van der Waals surface area contributed by atoms with Crippen molar-refractivity contribution in [3.63, 3.8) is 0 Å². The quantitative estimate of drug-likeness (QED) is 0.775. The van der Waals surface area contributed by atoms with Crippen LogP contribution in [0.1, 0.15) is 50.3 Å². The molecule has 0 bridgehead atoms. The van der Waals surface area contributed by atoms with Gasteiger partial charge in [-0.25, -0.2) is 0 Å². The highest BCUT2D eigenvalue weighted by atomic mass is 16.1. The van der Waals surface area contributed by atoms with Crippen LogP contribution in [0.5, 0.6) is 0 Å². The zero-order valence-corrected chi connectivity index (χ0v) is 10.1. The molecule has 0 aliphatic heterocycles. The van der Waals surface area contributed by atoms with Gasteiger partial charge in [-0.05, 0) is 36.8 Å². The van der Waals surface area contributed by atoms with Crippen LogP contribution >= 0.6 is 0 Å². The summed E-state index contributed by atoms with van der Waals surface area (Å²) >= 11 is 0. The standard InChI is InChI=1S/C14H19NO/c1-10(2)5-8-13(16)12-7-6-11-4-3-9-15-14(11)12/h3-4,9-10,12H,5-8H2,1-2H3. The molecule has 86 valence electrons. The van der Waals surface area contributed by atoms with Crippen LogP contribution in [0.2, 0.25) is 0 Å². The zero-order chi connectivity index (χ0) is 11.5. The molecular weight excluding hydrogens is 198 g/mol. The van der Waals surface area contributed by atoms with Crippen molar-refractivity contribution in [2.75, 3.05) is 0 Å². The Balaban J connectivity index is 2.04. The van der Waals surface area contributed by atoms with E-state index in [2.05, 4.69) is 24.9 Å². The van der Waals surface area contributed by atoms with Gasteiger partial charge < -0.3 is 0 Å². The maximum Gasteiger partial charge on any atom is 0.141 e. The Morgan fingerprint density at radius 2 is 2.38 bits per heavy atom. The van der Waals surface area contributed by atoms with Gasteiger partial charge in [-0.3, -0.25) is 9.78 Å². The van der Waals surface area contributed by atoms with Crippen LogP contribution < -0.4 is 0 Å². The summed E-state index contributed by atoms with van der Waals surface area (Å²) in [6.07, 6.45) is 5.48. The highest BCUT2D eigenvalue weighted by Crippen LogP contribution is 2.32. The third-order valence-corrected chi connectivity index (χ3v) is 3.32. The van der Waals surface area contributed by atoms with Gasteiger partial charge in [0.1, 0.15) is 5.78 Å². The van der Waals surface area contributed by atoms with Gasteiger partial charge >= 0.3 is 0 Å². The number of aromatic nitrogens is 1.